The van der Waals surface area contributed by atoms with E-state index in [-0.39, 0.29) is 5.60 Å². The summed E-state index contributed by atoms with van der Waals surface area (Å²) in [6.07, 6.45) is 9.62. The number of piperidine rings is 1. The Morgan fingerprint density at radius 3 is 2.31 bits per heavy atom. The standard InChI is InChI=1S/C14H27NO/c1-3-12-4-6-13(7-5-12)16-14(2)8-10-15-11-9-14/h12-13,15H,3-11H2,1-2H3. The summed E-state index contributed by atoms with van der Waals surface area (Å²) in [6, 6.07) is 0. The van der Waals surface area contributed by atoms with Crippen LogP contribution in [0.1, 0.15) is 58.8 Å². The molecule has 1 saturated carbocycles. The van der Waals surface area contributed by atoms with Crippen molar-refractivity contribution in [1.29, 1.82) is 0 Å². The third-order valence-corrected chi connectivity index (χ3v) is 4.48. The second-order valence-corrected chi connectivity index (χ2v) is 5.87. The molecule has 0 aromatic carbocycles. The highest BCUT2D eigenvalue weighted by Crippen LogP contribution is 2.33. The fraction of sp³-hybridized carbons (Fsp3) is 1.00. The molecule has 0 aromatic heterocycles. The second kappa shape index (κ2) is 5.50. The molecule has 1 heterocycles. The van der Waals surface area contributed by atoms with E-state index in [2.05, 4.69) is 19.2 Å². The van der Waals surface area contributed by atoms with Crippen molar-refractivity contribution >= 4 is 0 Å². The van der Waals surface area contributed by atoms with Crippen LogP contribution in [0.2, 0.25) is 0 Å². The molecule has 0 amide bonds. The summed E-state index contributed by atoms with van der Waals surface area (Å²) >= 11 is 0. The molecule has 0 spiro atoms. The maximum Gasteiger partial charge on any atom is 0.0682 e. The Bertz CT molecular complexity index is 203. The van der Waals surface area contributed by atoms with Gasteiger partial charge in [0.25, 0.3) is 0 Å². The molecule has 1 aliphatic heterocycles. The summed E-state index contributed by atoms with van der Waals surface area (Å²) < 4.78 is 6.37. The Balaban J connectivity index is 1.77. The molecule has 0 bridgehead atoms. The molecule has 1 aliphatic carbocycles. The first-order valence-electron chi connectivity index (χ1n) is 7.10. The van der Waals surface area contributed by atoms with Crippen LogP contribution in [-0.2, 0) is 4.74 Å². The molecule has 0 atom stereocenters. The van der Waals surface area contributed by atoms with Crippen molar-refractivity contribution in [2.24, 2.45) is 5.92 Å². The summed E-state index contributed by atoms with van der Waals surface area (Å²) in [6.45, 7) is 6.88. The summed E-state index contributed by atoms with van der Waals surface area (Å²) in [4.78, 5) is 0. The first-order valence-corrected chi connectivity index (χ1v) is 7.10. The normalized spacial score (nSPS) is 34.9. The van der Waals surface area contributed by atoms with E-state index < -0.39 is 0 Å². The van der Waals surface area contributed by atoms with Gasteiger partial charge in [-0.25, -0.2) is 0 Å². The van der Waals surface area contributed by atoms with Crippen molar-refractivity contribution in [3.63, 3.8) is 0 Å². The summed E-state index contributed by atoms with van der Waals surface area (Å²) in [5.41, 5.74) is 0.162. The molecule has 94 valence electrons. The van der Waals surface area contributed by atoms with E-state index in [9.17, 15) is 0 Å². The maximum atomic E-state index is 6.37. The highest BCUT2D eigenvalue weighted by Gasteiger charge is 2.32. The predicted molar refractivity (Wildman–Crippen MR) is 67.6 cm³/mol. The van der Waals surface area contributed by atoms with Crippen molar-refractivity contribution in [3.05, 3.63) is 0 Å². The number of hydrogen-bond acceptors (Lipinski definition) is 2. The van der Waals surface area contributed by atoms with Crippen LogP contribution in [0.5, 0.6) is 0 Å². The minimum Gasteiger partial charge on any atom is -0.372 e. The van der Waals surface area contributed by atoms with E-state index in [0.717, 1.165) is 19.0 Å². The number of ether oxygens (including phenoxy) is 1. The van der Waals surface area contributed by atoms with Crippen molar-refractivity contribution in [1.82, 2.24) is 5.32 Å². The Hall–Kier alpha value is -0.0800. The molecular formula is C14H27NO. The molecule has 2 heteroatoms. The van der Waals surface area contributed by atoms with Gasteiger partial charge in [-0.2, -0.15) is 0 Å². The van der Waals surface area contributed by atoms with Gasteiger partial charge in [0.1, 0.15) is 0 Å². The predicted octanol–water partition coefficient (Wildman–Crippen LogP) is 3.11. The van der Waals surface area contributed by atoms with Gasteiger partial charge in [-0.15, -0.1) is 0 Å². The quantitative estimate of drug-likeness (QED) is 0.797. The molecule has 2 rings (SSSR count). The highest BCUT2D eigenvalue weighted by molar-refractivity contribution is 4.84. The Morgan fingerprint density at radius 2 is 1.75 bits per heavy atom. The van der Waals surface area contributed by atoms with Crippen LogP contribution in [0, 0.1) is 5.92 Å². The molecule has 2 fully saturated rings. The lowest BCUT2D eigenvalue weighted by atomic mass is 9.85. The van der Waals surface area contributed by atoms with Crippen LogP contribution in [0.15, 0.2) is 0 Å². The van der Waals surface area contributed by atoms with Gasteiger partial charge in [-0.05, 0) is 64.5 Å². The fourth-order valence-electron chi connectivity index (χ4n) is 3.13. The lowest BCUT2D eigenvalue weighted by molar-refractivity contribution is -0.113. The van der Waals surface area contributed by atoms with E-state index in [4.69, 9.17) is 4.74 Å². The second-order valence-electron chi connectivity index (χ2n) is 5.87. The Morgan fingerprint density at radius 1 is 1.12 bits per heavy atom. The van der Waals surface area contributed by atoms with E-state index in [1.54, 1.807) is 0 Å². The highest BCUT2D eigenvalue weighted by atomic mass is 16.5. The van der Waals surface area contributed by atoms with Crippen LogP contribution >= 0.6 is 0 Å². The van der Waals surface area contributed by atoms with Gasteiger partial charge in [-0.1, -0.05) is 13.3 Å². The molecule has 1 N–H and O–H groups in total. The molecule has 0 radical (unpaired) electrons. The topological polar surface area (TPSA) is 21.3 Å². The zero-order chi connectivity index (χ0) is 11.4. The van der Waals surface area contributed by atoms with Gasteiger partial charge in [-0.3, -0.25) is 0 Å². The SMILES string of the molecule is CCC1CCC(OC2(C)CCNCC2)CC1. The smallest absolute Gasteiger partial charge is 0.0682 e. The average molecular weight is 225 g/mol. The fourth-order valence-corrected chi connectivity index (χ4v) is 3.13. The molecule has 0 unspecified atom stereocenters. The minimum atomic E-state index is 0.162. The first-order chi connectivity index (χ1) is 7.72. The summed E-state index contributed by atoms with van der Waals surface area (Å²) in [5.74, 6) is 0.973. The monoisotopic (exact) mass is 225 g/mol. The molecular weight excluding hydrogens is 198 g/mol. The maximum absolute atomic E-state index is 6.37. The zero-order valence-electron chi connectivity index (χ0n) is 10.9. The third-order valence-electron chi connectivity index (χ3n) is 4.48. The van der Waals surface area contributed by atoms with E-state index >= 15 is 0 Å². The van der Waals surface area contributed by atoms with Crippen molar-refractivity contribution in [3.8, 4) is 0 Å². The minimum absolute atomic E-state index is 0.162. The molecule has 16 heavy (non-hydrogen) atoms. The zero-order valence-corrected chi connectivity index (χ0v) is 10.9. The van der Waals surface area contributed by atoms with Gasteiger partial charge >= 0.3 is 0 Å². The van der Waals surface area contributed by atoms with Gasteiger partial charge < -0.3 is 10.1 Å². The van der Waals surface area contributed by atoms with Crippen LogP contribution in [0.25, 0.3) is 0 Å². The molecule has 1 saturated heterocycles. The number of rotatable bonds is 3. The first kappa shape index (κ1) is 12.4. The number of nitrogens with one attached hydrogen (secondary N) is 1. The Kier molecular flexibility index (Phi) is 4.26. The summed E-state index contributed by atoms with van der Waals surface area (Å²) in [5, 5.41) is 3.41. The number of hydrogen-bond donors (Lipinski definition) is 1. The van der Waals surface area contributed by atoms with Crippen molar-refractivity contribution < 1.29 is 4.74 Å². The van der Waals surface area contributed by atoms with E-state index in [0.29, 0.717) is 6.10 Å². The van der Waals surface area contributed by atoms with Crippen molar-refractivity contribution in [2.75, 3.05) is 13.1 Å². The largest absolute Gasteiger partial charge is 0.372 e. The molecule has 0 aromatic rings. The van der Waals surface area contributed by atoms with Crippen molar-refractivity contribution in [2.45, 2.75) is 70.5 Å². The summed E-state index contributed by atoms with van der Waals surface area (Å²) in [7, 11) is 0. The third kappa shape index (κ3) is 3.21. The van der Waals surface area contributed by atoms with Gasteiger partial charge in [0.15, 0.2) is 0 Å². The van der Waals surface area contributed by atoms with Crippen LogP contribution < -0.4 is 5.32 Å². The van der Waals surface area contributed by atoms with Crippen LogP contribution in [0.4, 0.5) is 0 Å². The van der Waals surface area contributed by atoms with Crippen LogP contribution in [-0.4, -0.2) is 24.8 Å². The van der Waals surface area contributed by atoms with Gasteiger partial charge in [0, 0.05) is 0 Å². The molecule has 2 aliphatic rings. The lowest BCUT2D eigenvalue weighted by Gasteiger charge is -2.39. The average Bonchev–Trinajstić information content (AvgIpc) is 2.30. The van der Waals surface area contributed by atoms with Gasteiger partial charge in [0.05, 0.1) is 11.7 Å². The van der Waals surface area contributed by atoms with Crippen LogP contribution in [0.3, 0.4) is 0 Å². The Labute approximate surface area is 100 Å². The van der Waals surface area contributed by atoms with E-state index in [1.807, 2.05) is 0 Å². The molecule has 2 nitrogen and oxygen atoms in total. The lowest BCUT2D eigenvalue weighted by Crippen LogP contribution is -2.44. The van der Waals surface area contributed by atoms with E-state index in [1.165, 1.54) is 44.9 Å². The van der Waals surface area contributed by atoms with Gasteiger partial charge in [0.2, 0.25) is 0 Å².